The van der Waals surface area contributed by atoms with Gasteiger partial charge < -0.3 is 4.52 Å². The predicted molar refractivity (Wildman–Crippen MR) is 199 cm³/mol. The highest BCUT2D eigenvalue weighted by atomic mass is 31.2. The summed E-state index contributed by atoms with van der Waals surface area (Å²) in [5.74, 6) is 0.715. The van der Waals surface area contributed by atoms with E-state index in [4.69, 9.17) is 4.52 Å². The van der Waals surface area contributed by atoms with Gasteiger partial charge in [-0.3, -0.25) is 4.57 Å². The number of hydrogen-bond acceptors (Lipinski definition) is 2. The summed E-state index contributed by atoms with van der Waals surface area (Å²) in [5.41, 5.74) is 2.04. The van der Waals surface area contributed by atoms with Gasteiger partial charge in [0.15, 0.2) is 0 Å². The van der Waals surface area contributed by atoms with Crippen molar-refractivity contribution in [3.8, 4) is 16.9 Å². The Bertz CT molecular complexity index is 1470. The Balaban J connectivity index is 0.000000305. The van der Waals surface area contributed by atoms with E-state index >= 15 is 0 Å². The first-order valence-corrected chi connectivity index (χ1v) is 18.0. The largest absolute Gasteiger partial charge is 0.439 e. The molecule has 232 valence electrons. The van der Waals surface area contributed by atoms with Crippen LogP contribution in [0.5, 0.6) is 5.75 Å². The van der Waals surface area contributed by atoms with Crippen molar-refractivity contribution in [1.29, 1.82) is 0 Å². The number of rotatable bonds is 0. The molecule has 7 rings (SSSR count). The third-order valence-electron chi connectivity index (χ3n) is 6.11. The van der Waals surface area contributed by atoms with Crippen molar-refractivity contribution in [3.05, 3.63) is 146 Å². The average molecular weight is 607 g/mol. The van der Waals surface area contributed by atoms with Gasteiger partial charge in [0.1, 0.15) is 5.75 Å². The van der Waals surface area contributed by atoms with Crippen LogP contribution in [0.25, 0.3) is 32.7 Å². The quantitative estimate of drug-likeness (QED) is 0.161. The minimum atomic E-state index is -2.71. The second kappa shape index (κ2) is 21.5. The molecule has 1 aliphatic rings. The van der Waals surface area contributed by atoms with Gasteiger partial charge in [0.05, 0.1) is 5.30 Å². The molecule has 6 aromatic carbocycles. The fraction of sp³-hybridized carbons (Fsp3) is 0.220. The summed E-state index contributed by atoms with van der Waals surface area (Å²) in [6, 6.07) is 48.9. The van der Waals surface area contributed by atoms with Gasteiger partial charge in [-0.05, 0) is 39.2 Å². The molecule has 6 aromatic rings. The van der Waals surface area contributed by atoms with Crippen LogP contribution in [-0.4, -0.2) is 6.66 Å². The van der Waals surface area contributed by atoms with Gasteiger partial charge in [-0.1, -0.05) is 189 Å². The van der Waals surface area contributed by atoms with E-state index in [1.165, 1.54) is 21.5 Å². The highest BCUT2D eigenvalue weighted by molar-refractivity contribution is 7.67. The number of fused-ring (bicyclic) bond motifs is 5. The third-order valence-corrected chi connectivity index (χ3v) is 7.92. The molecule has 0 aromatic heterocycles. The second-order valence-corrected chi connectivity index (χ2v) is 11.0. The second-order valence-electron chi connectivity index (χ2n) is 8.64. The number of hydrogen-bond donors (Lipinski definition) is 0. The molecule has 0 amide bonds. The van der Waals surface area contributed by atoms with Crippen molar-refractivity contribution < 1.29 is 9.09 Å². The van der Waals surface area contributed by atoms with Crippen LogP contribution in [0.4, 0.5) is 0 Å². The number of benzene rings is 6. The SMILES string of the molecule is CC.CC.CC.CC.CP1(=O)Oc2ccccc2-c2ccccc21.c1ccc2ccccc2c1.c1ccc2ccccc2c1. The molecular formula is C41H51O2P. The first-order valence-electron chi connectivity index (χ1n) is 16.0. The predicted octanol–water partition coefficient (Wildman–Crippen LogP) is 13.1. The van der Waals surface area contributed by atoms with Gasteiger partial charge in [0.25, 0.3) is 7.37 Å². The van der Waals surface area contributed by atoms with Crippen molar-refractivity contribution >= 4 is 34.2 Å². The first kappa shape index (κ1) is 37.9. The van der Waals surface area contributed by atoms with E-state index in [2.05, 4.69) is 97.1 Å². The molecule has 0 radical (unpaired) electrons. The lowest BCUT2D eigenvalue weighted by molar-refractivity contribution is 0.497. The standard InChI is InChI=1S/C13H11O2P.2C10H8.4C2H6/c1-16(14)13-9-5-3-7-11(13)10-6-2-4-8-12(10)15-16;2*1-2-6-10-8-4-3-7-9(10)5-1;4*1-2/h2-9H,1H3;2*1-8H;4*1-2H3. The Morgan fingerprint density at radius 3 is 1.02 bits per heavy atom. The summed E-state index contributed by atoms with van der Waals surface area (Å²) in [6.07, 6.45) is 0. The fourth-order valence-corrected chi connectivity index (χ4v) is 5.95. The molecule has 0 saturated carbocycles. The van der Waals surface area contributed by atoms with Gasteiger partial charge in [-0.15, -0.1) is 0 Å². The summed E-state index contributed by atoms with van der Waals surface area (Å²) in [5, 5.41) is 6.05. The Kier molecular flexibility index (Phi) is 18.6. The van der Waals surface area contributed by atoms with Crippen LogP contribution in [0.1, 0.15) is 55.4 Å². The monoisotopic (exact) mass is 606 g/mol. The van der Waals surface area contributed by atoms with Crippen molar-refractivity contribution in [2.45, 2.75) is 55.4 Å². The molecular weight excluding hydrogens is 555 g/mol. The van der Waals surface area contributed by atoms with Gasteiger partial charge in [0.2, 0.25) is 0 Å². The fourth-order valence-electron chi connectivity index (χ4n) is 4.33. The summed E-state index contributed by atoms with van der Waals surface area (Å²) in [4.78, 5) is 0. The summed E-state index contributed by atoms with van der Waals surface area (Å²) in [7, 11) is -2.71. The smallest absolute Gasteiger partial charge is 0.274 e. The van der Waals surface area contributed by atoms with Crippen LogP contribution in [0.15, 0.2) is 146 Å². The summed E-state index contributed by atoms with van der Waals surface area (Å²) in [6.45, 7) is 17.7. The lowest BCUT2D eigenvalue weighted by atomic mass is 10.0. The van der Waals surface area contributed by atoms with E-state index in [1.54, 1.807) is 6.66 Å². The topological polar surface area (TPSA) is 26.3 Å². The van der Waals surface area contributed by atoms with E-state index in [0.29, 0.717) is 5.75 Å². The van der Waals surface area contributed by atoms with Gasteiger partial charge in [0, 0.05) is 12.2 Å². The normalized spacial score (nSPS) is 13.0. The molecule has 0 spiro atoms. The maximum atomic E-state index is 12.4. The molecule has 1 unspecified atom stereocenters. The summed E-state index contributed by atoms with van der Waals surface area (Å²) < 4.78 is 18.0. The third kappa shape index (κ3) is 10.9. The molecule has 1 aliphatic heterocycles. The number of para-hydroxylation sites is 1. The Morgan fingerprint density at radius 1 is 0.386 bits per heavy atom. The lowest BCUT2D eigenvalue weighted by Gasteiger charge is -2.25. The van der Waals surface area contributed by atoms with E-state index in [0.717, 1.165) is 16.4 Å². The van der Waals surface area contributed by atoms with Crippen LogP contribution in [0.3, 0.4) is 0 Å². The highest BCUT2D eigenvalue weighted by Crippen LogP contribution is 2.51. The molecule has 1 atom stereocenters. The zero-order chi connectivity index (χ0) is 32.8. The van der Waals surface area contributed by atoms with Gasteiger partial charge in [-0.25, -0.2) is 0 Å². The van der Waals surface area contributed by atoms with Crippen LogP contribution < -0.4 is 9.83 Å². The summed E-state index contributed by atoms with van der Waals surface area (Å²) >= 11 is 0. The molecule has 0 aliphatic carbocycles. The van der Waals surface area contributed by atoms with Crippen LogP contribution in [0.2, 0.25) is 0 Å². The van der Waals surface area contributed by atoms with Gasteiger partial charge in [-0.2, -0.15) is 0 Å². The van der Waals surface area contributed by atoms with Crippen molar-refractivity contribution in [2.24, 2.45) is 0 Å². The van der Waals surface area contributed by atoms with E-state index < -0.39 is 7.37 Å². The van der Waals surface area contributed by atoms with Gasteiger partial charge >= 0.3 is 0 Å². The Morgan fingerprint density at radius 2 is 0.659 bits per heavy atom. The lowest BCUT2D eigenvalue weighted by Crippen LogP contribution is -2.16. The maximum absolute atomic E-state index is 12.4. The zero-order valence-electron chi connectivity index (χ0n) is 28.1. The highest BCUT2D eigenvalue weighted by Gasteiger charge is 2.30. The molecule has 0 fully saturated rings. The molecule has 1 heterocycles. The Hall–Kier alpha value is -4.13. The van der Waals surface area contributed by atoms with Crippen LogP contribution in [-0.2, 0) is 4.57 Å². The molecule has 2 nitrogen and oxygen atoms in total. The maximum Gasteiger partial charge on any atom is 0.274 e. The van der Waals surface area contributed by atoms with Crippen LogP contribution in [0, 0.1) is 0 Å². The first-order chi connectivity index (χ1) is 21.6. The van der Waals surface area contributed by atoms with E-state index in [9.17, 15) is 4.57 Å². The molecule has 0 N–H and O–H groups in total. The molecule has 0 bridgehead atoms. The zero-order valence-corrected chi connectivity index (χ0v) is 29.0. The molecule has 3 heteroatoms. The van der Waals surface area contributed by atoms with Crippen LogP contribution >= 0.6 is 7.37 Å². The minimum absolute atomic E-state index is 0.715. The van der Waals surface area contributed by atoms with Crippen molar-refractivity contribution in [1.82, 2.24) is 0 Å². The van der Waals surface area contributed by atoms with E-state index in [1.807, 2.05) is 104 Å². The molecule has 44 heavy (non-hydrogen) atoms. The van der Waals surface area contributed by atoms with Crippen molar-refractivity contribution in [3.63, 3.8) is 0 Å². The Labute approximate surface area is 267 Å². The van der Waals surface area contributed by atoms with E-state index in [-0.39, 0.29) is 0 Å². The van der Waals surface area contributed by atoms with Crippen molar-refractivity contribution in [2.75, 3.05) is 6.66 Å². The molecule has 0 saturated heterocycles. The average Bonchev–Trinajstić information content (AvgIpc) is 3.12. The minimum Gasteiger partial charge on any atom is -0.439 e.